The van der Waals surface area contributed by atoms with Gasteiger partial charge in [0.05, 0.1) is 27.7 Å². The number of carbonyl (C=O) groups is 1. The summed E-state index contributed by atoms with van der Waals surface area (Å²) in [5.41, 5.74) is -0.294. The van der Waals surface area contributed by atoms with Crippen LogP contribution < -0.4 is 10.9 Å². The molecule has 3 rings (SSSR count). The lowest BCUT2D eigenvalue weighted by molar-refractivity contribution is 0.0505. The predicted molar refractivity (Wildman–Crippen MR) is 110 cm³/mol. The molecule has 1 N–H and O–H groups in total. The van der Waals surface area contributed by atoms with Gasteiger partial charge in [-0.05, 0) is 64.1 Å². The van der Waals surface area contributed by atoms with Gasteiger partial charge in [-0.2, -0.15) is 0 Å². The largest absolute Gasteiger partial charge is 0.444 e. The Balaban J connectivity index is 2.17. The standard InChI is InChI=1S/C21H21ClFN3O3/c1-12(24-20(28)29-21(2,3)4)18-25-16-7-5-6-15(22)17(16)19(27)26(18)14-10-8-13(23)9-11-14/h5-12H,1-4H3,(H,24,28)/t12-/m0/s1. The van der Waals surface area contributed by atoms with Gasteiger partial charge in [-0.15, -0.1) is 0 Å². The summed E-state index contributed by atoms with van der Waals surface area (Å²) in [5, 5.41) is 3.19. The predicted octanol–water partition coefficient (Wildman–Crippen LogP) is 4.76. The molecule has 29 heavy (non-hydrogen) atoms. The zero-order chi connectivity index (χ0) is 21.3. The Hall–Kier alpha value is -2.93. The topological polar surface area (TPSA) is 73.2 Å². The van der Waals surface area contributed by atoms with E-state index in [1.54, 1.807) is 45.9 Å². The number of rotatable bonds is 3. The smallest absolute Gasteiger partial charge is 0.408 e. The number of fused-ring (bicyclic) bond motifs is 1. The maximum atomic E-state index is 13.4. The molecule has 0 saturated heterocycles. The highest BCUT2D eigenvalue weighted by molar-refractivity contribution is 6.35. The maximum Gasteiger partial charge on any atom is 0.408 e. The number of halogens is 2. The van der Waals surface area contributed by atoms with E-state index < -0.39 is 29.1 Å². The van der Waals surface area contributed by atoms with E-state index in [1.165, 1.54) is 28.8 Å². The molecule has 3 aromatic rings. The number of hydrogen-bond donors (Lipinski definition) is 1. The Morgan fingerprint density at radius 3 is 2.48 bits per heavy atom. The Kier molecular flexibility index (Phi) is 5.61. The fourth-order valence-electron chi connectivity index (χ4n) is 2.89. The molecule has 2 aromatic carbocycles. The van der Waals surface area contributed by atoms with Gasteiger partial charge < -0.3 is 10.1 Å². The van der Waals surface area contributed by atoms with Crippen molar-refractivity contribution in [1.29, 1.82) is 0 Å². The Morgan fingerprint density at radius 2 is 1.86 bits per heavy atom. The van der Waals surface area contributed by atoms with Crippen molar-refractivity contribution in [3.05, 3.63) is 69.5 Å². The molecule has 1 atom stereocenters. The summed E-state index contributed by atoms with van der Waals surface area (Å²) in [5.74, 6) is -0.169. The van der Waals surface area contributed by atoms with E-state index in [-0.39, 0.29) is 16.2 Å². The van der Waals surface area contributed by atoms with Gasteiger partial charge in [-0.1, -0.05) is 17.7 Å². The Morgan fingerprint density at radius 1 is 1.21 bits per heavy atom. The van der Waals surface area contributed by atoms with Gasteiger partial charge in [0.2, 0.25) is 0 Å². The molecule has 1 aromatic heterocycles. The first-order valence-electron chi connectivity index (χ1n) is 9.03. The number of benzene rings is 2. The lowest BCUT2D eigenvalue weighted by Gasteiger charge is -2.23. The number of hydrogen-bond acceptors (Lipinski definition) is 4. The first-order chi connectivity index (χ1) is 13.6. The molecule has 0 spiro atoms. The fraction of sp³-hybridized carbons (Fsp3) is 0.286. The number of amides is 1. The van der Waals surface area contributed by atoms with Crippen LogP contribution in [-0.4, -0.2) is 21.2 Å². The summed E-state index contributed by atoms with van der Waals surface area (Å²) in [6.45, 7) is 6.94. The average molecular weight is 418 g/mol. The van der Waals surface area contributed by atoms with Crippen molar-refractivity contribution in [2.45, 2.75) is 39.3 Å². The van der Waals surface area contributed by atoms with Crippen LogP contribution in [0.5, 0.6) is 0 Å². The van der Waals surface area contributed by atoms with Crippen molar-refractivity contribution in [3.8, 4) is 5.69 Å². The van der Waals surface area contributed by atoms with E-state index in [2.05, 4.69) is 10.3 Å². The Labute approximate surface area is 172 Å². The minimum atomic E-state index is -0.676. The molecule has 8 heteroatoms. The van der Waals surface area contributed by atoms with Crippen molar-refractivity contribution >= 4 is 28.6 Å². The highest BCUT2D eigenvalue weighted by Crippen LogP contribution is 2.23. The van der Waals surface area contributed by atoms with Crippen LogP contribution in [0.4, 0.5) is 9.18 Å². The summed E-state index contributed by atoms with van der Waals surface area (Å²) >= 11 is 6.23. The first-order valence-corrected chi connectivity index (χ1v) is 9.41. The number of carbonyl (C=O) groups excluding carboxylic acids is 1. The second-order valence-electron chi connectivity index (χ2n) is 7.59. The highest BCUT2D eigenvalue weighted by Gasteiger charge is 2.23. The fourth-order valence-corrected chi connectivity index (χ4v) is 3.14. The van der Waals surface area contributed by atoms with E-state index in [4.69, 9.17) is 16.3 Å². The quantitative estimate of drug-likeness (QED) is 0.666. The molecule has 0 aliphatic rings. The summed E-state index contributed by atoms with van der Waals surface area (Å²) in [6, 6.07) is 9.70. The van der Waals surface area contributed by atoms with Crippen LogP contribution in [0.2, 0.25) is 5.02 Å². The SMILES string of the molecule is C[C@H](NC(=O)OC(C)(C)C)c1nc2cccc(Cl)c2c(=O)n1-c1ccc(F)cc1. The summed E-state index contributed by atoms with van der Waals surface area (Å²) < 4.78 is 20.0. The number of alkyl carbamates (subject to hydrolysis) is 1. The van der Waals surface area contributed by atoms with E-state index in [0.717, 1.165) is 0 Å². The molecule has 6 nitrogen and oxygen atoms in total. The third-order valence-electron chi connectivity index (χ3n) is 4.08. The Bertz CT molecular complexity index is 1120. The van der Waals surface area contributed by atoms with E-state index in [0.29, 0.717) is 11.2 Å². The van der Waals surface area contributed by atoms with Gasteiger partial charge in [0, 0.05) is 0 Å². The van der Waals surface area contributed by atoms with Gasteiger partial charge in [-0.3, -0.25) is 9.36 Å². The number of ether oxygens (including phenoxy) is 1. The number of nitrogens with one attached hydrogen (secondary N) is 1. The summed E-state index contributed by atoms with van der Waals surface area (Å²) in [6.07, 6.45) is -0.643. The van der Waals surface area contributed by atoms with Crippen molar-refractivity contribution in [3.63, 3.8) is 0 Å². The minimum Gasteiger partial charge on any atom is -0.444 e. The van der Waals surface area contributed by atoms with Crippen molar-refractivity contribution < 1.29 is 13.9 Å². The van der Waals surface area contributed by atoms with Crippen LogP contribution in [0.1, 0.15) is 39.6 Å². The molecule has 152 valence electrons. The highest BCUT2D eigenvalue weighted by atomic mass is 35.5. The molecule has 1 amide bonds. The van der Waals surface area contributed by atoms with Crippen molar-refractivity contribution in [1.82, 2.24) is 14.9 Å². The molecule has 1 heterocycles. The van der Waals surface area contributed by atoms with Crippen molar-refractivity contribution in [2.24, 2.45) is 0 Å². The number of aromatic nitrogens is 2. The van der Waals surface area contributed by atoms with Gasteiger partial charge in [-0.25, -0.2) is 14.2 Å². The van der Waals surface area contributed by atoms with E-state index in [9.17, 15) is 14.0 Å². The van der Waals surface area contributed by atoms with E-state index >= 15 is 0 Å². The molecular formula is C21H21ClFN3O3. The van der Waals surface area contributed by atoms with Crippen LogP contribution >= 0.6 is 11.6 Å². The lowest BCUT2D eigenvalue weighted by Crippen LogP contribution is -2.37. The summed E-state index contributed by atoms with van der Waals surface area (Å²) in [7, 11) is 0. The number of nitrogens with zero attached hydrogens (tertiary/aromatic N) is 2. The molecular weight excluding hydrogens is 397 g/mol. The molecule has 0 bridgehead atoms. The van der Waals surface area contributed by atoms with Gasteiger partial charge in [0.25, 0.3) is 5.56 Å². The van der Waals surface area contributed by atoms with Crippen LogP contribution in [0, 0.1) is 5.82 Å². The second-order valence-corrected chi connectivity index (χ2v) is 8.00. The van der Waals surface area contributed by atoms with Gasteiger partial charge in [0.1, 0.15) is 17.2 Å². The monoisotopic (exact) mass is 417 g/mol. The molecule has 0 saturated carbocycles. The first kappa shape index (κ1) is 20.8. The lowest BCUT2D eigenvalue weighted by atomic mass is 10.2. The normalized spacial score (nSPS) is 12.6. The average Bonchev–Trinajstić information content (AvgIpc) is 2.60. The molecule has 0 radical (unpaired) electrons. The van der Waals surface area contributed by atoms with Crippen LogP contribution in [0.3, 0.4) is 0 Å². The van der Waals surface area contributed by atoms with Crippen molar-refractivity contribution in [2.75, 3.05) is 0 Å². The molecule has 0 unspecified atom stereocenters. The van der Waals surface area contributed by atoms with Gasteiger partial charge >= 0.3 is 6.09 Å². The van der Waals surface area contributed by atoms with Crippen LogP contribution in [0.25, 0.3) is 16.6 Å². The molecule has 0 aliphatic carbocycles. The zero-order valence-electron chi connectivity index (χ0n) is 16.5. The van der Waals surface area contributed by atoms with E-state index in [1.807, 2.05) is 0 Å². The second kappa shape index (κ2) is 7.83. The third-order valence-corrected chi connectivity index (χ3v) is 4.39. The molecule has 0 aliphatic heterocycles. The third kappa shape index (κ3) is 4.56. The zero-order valence-corrected chi connectivity index (χ0v) is 17.2. The van der Waals surface area contributed by atoms with Crippen LogP contribution in [0.15, 0.2) is 47.3 Å². The molecule has 0 fully saturated rings. The van der Waals surface area contributed by atoms with Crippen LogP contribution in [-0.2, 0) is 4.74 Å². The summed E-state index contributed by atoms with van der Waals surface area (Å²) in [4.78, 5) is 30.1. The maximum absolute atomic E-state index is 13.4. The minimum absolute atomic E-state index is 0.242. The van der Waals surface area contributed by atoms with Gasteiger partial charge in [0.15, 0.2) is 0 Å².